The number of esters is 1. The minimum atomic E-state index is -0.984. The first kappa shape index (κ1) is 24.8. The van der Waals surface area contributed by atoms with E-state index in [0.717, 1.165) is 0 Å². The molecular weight excluding hydrogens is 417 g/mol. The molecule has 2 amide bonds. The summed E-state index contributed by atoms with van der Waals surface area (Å²) in [5.74, 6) is -3.68. The number of benzene rings is 1. The summed E-state index contributed by atoms with van der Waals surface area (Å²) < 4.78 is 19.7. The van der Waals surface area contributed by atoms with Crippen molar-refractivity contribution in [2.24, 2.45) is 13.0 Å². The number of halogens is 1. The number of ketones is 1. The molecule has 1 aromatic carbocycles. The zero-order valence-corrected chi connectivity index (χ0v) is 19.3. The lowest BCUT2D eigenvalue weighted by atomic mass is 10.0. The molecule has 2 aromatic rings. The Labute approximate surface area is 186 Å². The van der Waals surface area contributed by atoms with Crippen LogP contribution in [-0.4, -0.2) is 41.3 Å². The molecule has 2 rings (SSSR count). The molecule has 1 heterocycles. The van der Waals surface area contributed by atoms with Crippen LogP contribution in [-0.2, 0) is 21.4 Å². The molecule has 8 nitrogen and oxygen atoms in total. The third-order valence-corrected chi connectivity index (χ3v) is 5.40. The number of anilines is 1. The predicted octanol–water partition coefficient (Wildman–Crippen LogP) is 2.84. The lowest BCUT2D eigenvalue weighted by Gasteiger charge is -2.19. The highest BCUT2D eigenvalue weighted by Gasteiger charge is 2.32. The van der Waals surface area contributed by atoms with Crippen LogP contribution in [0.15, 0.2) is 18.2 Å². The molecule has 2 N–H and O–H groups in total. The number of hydrogen-bond acceptors (Lipinski definition) is 5. The van der Waals surface area contributed by atoms with Gasteiger partial charge in [-0.15, -0.1) is 0 Å². The van der Waals surface area contributed by atoms with Crippen molar-refractivity contribution in [1.82, 2.24) is 9.88 Å². The van der Waals surface area contributed by atoms with Crippen molar-refractivity contribution in [2.75, 3.05) is 12.4 Å². The van der Waals surface area contributed by atoms with Crippen LogP contribution >= 0.6 is 0 Å². The van der Waals surface area contributed by atoms with Gasteiger partial charge in [0, 0.05) is 18.4 Å². The molecule has 0 fully saturated rings. The zero-order valence-electron chi connectivity index (χ0n) is 19.3. The third-order valence-electron chi connectivity index (χ3n) is 5.40. The summed E-state index contributed by atoms with van der Waals surface area (Å²) in [5, 5.41) is 5.11. The molecule has 0 saturated carbocycles. The van der Waals surface area contributed by atoms with Crippen molar-refractivity contribution >= 4 is 29.3 Å². The smallest absolute Gasteiger partial charge is 0.328 e. The molecule has 9 heteroatoms. The number of nitrogens with one attached hydrogen (secondary N) is 2. The fourth-order valence-electron chi connectivity index (χ4n) is 3.49. The molecule has 1 aromatic heterocycles. The van der Waals surface area contributed by atoms with Crippen LogP contribution in [0.5, 0.6) is 0 Å². The van der Waals surface area contributed by atoms with Crippen LogP contribution in [0.3, 0.4) is 0 Å². The van der Waals surface area contributed by atoms with Gasteiger partial charge >= 0.3 is 5.97 Å². The van der Waals surface area contributed by atoms with Crippen LogP contribution in [0.4, 0.5) is 10.1 Å². The number of Topliss-reactive ketones (excluding diaryl/α,β-unsaturated/α-hetero) is 1. The number of carbonyl (C=O) groups is 4. The second kappa shape index (κ2) is 9.76. The van der Waals surface area contributed by atoms with E-state index in [1.54, 1.807) is 41.7 Å². The number of amides is 2. The highest BCUT2D eigenvalue weighted by atomic mass is 19.1. The van der Waals surface area contributed by atoms with E-state index in [9.17, 15) is 23.6 Å². The van der Waals surface area contributed by atoms with Gasteiger partial charge in [-0.3, -0.25) is 14.4 Å². The molecule has 0 aliphatic rings. The molecule has 172 valence electrons. The Kier molecular flexibility index (Phi) is 7.56. The minimum Gasteiger partial charge on any atom is -0.467 e. The van der Waals surface area contributed by atoms with Crippen molar-refractivity contribution in [3.63, 3.8) is 0 Å². The summed E-state index contributed by atoms with van der Waals surface area (Å²) in [6, 6.07) is 3.20. The van der Waals surface area contributed by atoms with Crippen molar-refractivity contribution in [1.29, 1.82) is 0 Å². The highest BCUT2D eigenvalue weighted by molar-refractivity contribution is 6.43. The van der Waals surface area contributed by atoms with Crippen molar-refractivity contribution in [3.05, 3.63) is 52.1 Å². The van der Waals surface area contributed by atoms with E-state index in [1.165, 1.54) is 29.9 Å². The number of hydrogen-bond donors (Lipinski definition) is 2. The minimum absolute atomic E-state index is 0.0350. The maximum absolute atomic E-state index is 13.5. The monoisotopic (exact) mass is 445 g/mol. The van der Waals surface area contributed by atoms with Crippen molar-refractivity contribution in [3.8, 4) is 0 Å². The van der Waals surface area contributed by atoms with Gasteiger partial charge in [-0.1, -0.05) is 13.8 Å². The van der Waals surface area contributed by atoms with Crippen LogP contribution in [0.25, 0.3) is 0 Å². The van der Waals surface area contributed by atoms with Crippen molar-refractivity contribution < 1.29 is 28.3 Å². The van der Waals surface area contributed by atoms with Gasteiger partial charge in [0.1, 0.15) is 11.9 Å². The van der Waals surface area contributed by atoms with Gasteiger partial charge in [-0.25, -0.2) is 9.18 Å². The Hall–Kier alpha value is -3.49. The molecule has 0 radical (unpaired) electrons. The SMILES string of the molecule is COC(=O)[C@@H](NC(=O)C(=O)c1c(C)c(C(=O)Nc2ccc(F)c(C)c2)c(C)n1C)C(C)C. The number of ether oxygens (including phenoxy) is 1. The number of rotatable bonds is 7. The molecule has 0 saturated heterocycles. The van der Waals surface area contributed by atoms with Gasteiger partial charge in [0.2, 0.25) is 0 Å². The standard InChI is InChI=1S/C23H28FN3O5/c1-11(2)18(23(31)32-7)26-22(30)20(28)19-13(4)17(14(5)27(19)6)21(29)25-15-8-9-16(24)12(3)10-15/h8-11,18H,1-7H3,(H,25,29)(H,26,30)/t18-/m0/s1. The Morgan fingerprint density at radius 3 is 2.25 bits per heavy atom. The average Bonchev–Trinajstić information content (AvgIpc) is 2.95. The molecule has 1 atom stereocenters. The maximum Gasteiger partial charge on any atom is 0.328 e. The fourth-order valence-corrected chi connectivity index (χ4v) is 3.49. The van der Waals surface area contributed by atoms with E-state index in [-0.39, 0.29) is 23.0 Å². The number of carbonyl (C=O) groups excluding carboxylic acids is 4. The Bertz CT molecular complexity index is 1090. The van der Waals surface area contributed by atoms with E-state index in [0.29, 0.717) is 22.5 Å². The molecule has 0 spiro atoms. The summed E-state index contributed by atoms with van der Waals surface area (Å²) in [6.45, 7) is 8.22. The van der Waals surface area contributed by atoms with Gasteiger partial charge in [0.15, 0.2) is 0 Å². The second-order valence-corrected chi connectivity index (χ2v) is 7.96. The molecule has 0 unspecified atom stereocenters. The van der Waals surface area contributed by atoms with Crippen molar-refractivity contribution in [2.45, 2.75) is 40.7 Å². The summed E-state index contributed by atoms with van der Waals surface area (Å²) >= 11 is 0. The lowest BCUT2D eigenvalue weighted by molar-refractivity contribution is -0.145. The van der Waals surface area contributed by atoms with Crippen LogP contribution in [0.1, 0.15) is 51.5 Å². The third kappa shape index (κ3) is 4.87. The number of aromatic nitrogens is 1. The normalized spacial score (nSPS) is 11.8. The molecular formula is C23H28FN3O5. The highest BCUT2D eigenvalue weighted by Crippen LogP contribution is 2.24. The first-order valence-electron chi connectivity index (χ1n) is 10.1. The van der Waals surface area contributed by atoms with Gasteiger partial charge in [-0.2, -0.15) is 0 Å². The Balaban J connectivity index is 2.34. The largest absolute Gasteiger partial charge is 0.467 e. The van der Waals surface area contributed by atoms with Crippen LogP contribution in [0, 0.1) is 32.5 Å². The van der Waals surface area contributed by atoms with E-state index in [1.807, 2.05) is 0 Å². The maximum atomic E-state index is 13.5. The quantitative estimate of drug-likeness (QED) is 0.387. The molecule has 32 heavy (non-hydrogen) atoms. The predicted molar refractivity (Wildman–Crippen MR) is 117 cm³/mol. The average molecular weight is 445 g/mol. The zero-order chi connectivity index (χ0) is 24.3. The van der Waals surface area contributed by atoms with Gasteiger partial charge < -0.3 is 19.9 Å². The van der Waals surface area contributed by atoms with E-state index in [4.69, 9.17) is 0 Å². The summed E-state index contributed by atoms with van der Waals surface area (Å²) in [7, 11) is 2.77. The van der Waals surface area contributed by atoms with Gasteiger partial charge in [-0.05, 0) is 56.0 Å². The first-order valence-corrected chi connectivity index (χ1v) is 10.1. The van der Waals surface area contributed by atoms with Crippen LogP contribution in [0.2, 0.25) is 0 Å². The second-order valence-electron chi connectivity index (χ2n) is 7.96. The first-order chi connectivity index (χ1) is 14.9. The molecule has 0 aliphatic heterocycles. The summed E-state index contributed by atoms with van der Waals surface area (Å²) in [6.07, 6.45) is 0. The van der Waals surface area contributed by atoms with E-state index >= 15 is 0 Å². The number of aryl methyl sites for hydroxylation is 1. The van der Waals surface area contributed by atoms with Crippen LogP contribution < -0.4 is 10.6 Å². The summed E-state index contributed by atoms with van der Waals surface area (Å²) in [5.41, 5.74) is 1.85. The van der Waals surface area contributed by atoms with E-state index in [2.05, 4.69) is 15.4 Å². The molecule has 0 bridgehead atoms. The topological polar surface area (TPSA) is 106 Å². The number of nitrogens with zero attached hydrogens (tertiary/aromatic N) is 1. The van der Waals surface area contributed by atoms with Gasteiger partial charge in [0.25, 0.3) is 17.6 Å². The molecule has 0 aliphatic carbocycles. The summed E-state index contributed by atoms with van der Waals surface area (Å²) in [4.78, 5) is 50.4. The van der Waals surface area contributed by atoms with E-state index < -0.39 is 29.6 Å². The number of methoxy groups -OCH3 is 1. The van der Waals surface area contributed by atoms with Gasteiger partial charge in [0.05, 0.1) is 18.4 Å². The fraction of sp³-hybridized carbons (Fsp3) is 0.391. The Morgan fingerprint density at radius 2 is 1.72 bits per heavy atom. The lowest BCUT2D eigenvalue weighted by Crippen LogP contribution is -2.47. The Morgan fingerprint density at radius 1 is 1.09 bits per heavy atom.